The number of halogens is 1. The van der Waals surface area contributed by atoms with E-state index >= 15 is 0 Å². The van der Waals surface area contributed by atoms with Crippen molar-refractivity contribution in [3.63, 3.8) is 0 Å². The molecule has 5 nitrogen and oxygen atoms in total. The number of carboxylic acid groups (broad SMARTS) is 1. The topological polar surface area (TPSA) is 75.4 Å². The van der Waals surface area contributed by atoms with Crippen LogP contribution in [-0.2, 0) is 11.3 Å². The van der Waals surface area contributed by atoms with Crippen LogP contribution >= 0.6 is 0 Å². The first-order chi connectivity index (χ1) is 9.94. The van der Waals surface area contributed by atoms with E-state index in [1.54, 1.807) is 26.0 Å². The van der Waals surface area contributed by atoms with Crippen molar-refractivity contribution in [2.75, 3.05) is 0 Å². The van der Waals surface area contributed by atoms with Gasteiger partial charge in [-0.1, -0.05) is 13.0 Å². The molecule has 21 heavy (non-hydrogen) atoms. The molecule has 2 aromatic rings. The summed E-state index contributed by atoms with van der Waals surface area (Å²) in [5, 5.41) is 12.1. The van der Waals surface area contributed by atoms with E-state index in [2.05, 4.69) is 10.3 Å². The van der Waals surface area contributed by atoms with Gasteiger partial charge in [-0.25, -0.2) is 9.37 Å². The van der Waals surface area contributed by atoms with E-state index in [0.29, 0.717) is 23.6 Å². The van der Waals surface area contributed by atoms with Crippen LogP contribution in [0.2, 0.25) is 0 Å². The molecule has 112 valence electrons. The minimum absolute atomic E-state index is 0.259. The van der Waals surface area contributed by atoms with Crippen LogP contribution in [0.25, 0.3) is 11.5 Å². The predicted molar refractivity (Wildman–Crippen MR) is 75.1 cm³/mol. The largest absolute Gasteiger partial charge is 0.480 e. The molecule has 1 atom stereocenters. The van der Waals surface area contributed by atoms with Gasteiger partial charge in [0.2, 0.25) is 5.89 Å². The molecule has 1 heterocycles. The quantitative estimate of drug-likeness (QED) is 0.856. The van der Waals surface area contributed by atoms with Crippen molar-refractivity contribution in [3.05, 3.63) is 42.0 Å². The van der Waals surface area contributed by atoms with Gasteiger partial charge in [0.05, 0.1) is 5.69 Å². The summed E-state index contributed by atoms with van der Waals surface area (Å²) < 4.78 is 18.5. The van der Waals surface area contributed by atoms with Crippen molar-refractivity contribution >= 4 is 5.97 Å². The molecule has 2 rings (SSSR count). The first-order valence-corrected chi connectivity index (χ1v) is 6.63. The normalized spacial score (nSPS) is 13.9. The van der Waals surface area contributed by atoms with Gasteiger partial charge in [-0.2, -0.15) is 0 Å². The van der Waals surface area contributed by atoms with E-state index in [1.807, 2.05) is 0 Å². The number of rotatable bonds is 6. The summed E-state index contributed by atoms with van der Waals surface area (Å²) in [7, 11) is 0. The van der Waals surface area contributed by atoms with Crippen molar-refractivity contribution in [1.29, 1.82) is 0 Å². The number of benzene rings is 1. The summed E-state index contributed by atoms with van der Waals surface area (Å²) >= 11 is 0. The lowest BCUT2D eigenvalue weighted by Crippen LogP contribution is -2.48. The van der Waals surface area contributed by atoms with E-state index in [0.717, 1.165) is 0 Å². The number of aliphatic carboxylic acids is 1. The lowest BCUT2D eigenvalue weighted by molar-refractivity contribution is -0.144. The number of hydrogen-bond donors (Lipinski definition) is 2. The van der Waals surface area contributed by atoms with Gasteiger partial charge < -0.3 is 9.52 Å². The molecule has 0 aliphatic carbocycles. The maximum Gasteiger partial charge on any atom is 0.323 e. The summed E-state index contributed by atoms with van der Waals surface area (Å²) in [5.41, 5.74) is 0.0887. The van der Waals surface area contributed by atoms with Gasteiger partial charge in [-0.15, -0.1) is 0 Å². The van der Waals surface area contributed by atoms with Gasteiger partial charge in [0.25, 0.3) is 0 Å². The van der Waals surface area contributed by atoms with Crippen LogP contribution in [0.3, 0.4) is 0 Å². The maximum absolute atomic E-state index is 13.2. The number of oxazole rings is 1. The summed E-state index contributed by atoms with van der Waals surface area (Å²) in [6.07, 6.45) is 1.88. The summed E-state index contributed by atoms with van der Waals surface area (Å²) in [6.45, 7) is 3.67. The number of nitrogens with one attached hydrogen (secondary N) is 1. The number of nitrogens with zero attached hydrogens (tertiary/aromatic N) is 1. The Morgan fingerprint density at radius 3 is 2.90 bits per heavy atom. The molecule has 0 spiro atoms. The van der Waals surface area contributed by atoms with Crippen LogP contribution in [0.15, 0.2) is 34.9 Å². The molecule has 0 aliphatic rings. The Balaban J connectivity index is 2.09. The van der Waals surface area contributed by atoms with Gasteiger partial charge in [0.1, 0.15) is 17.6 Å². The second-order valence-corrected chi connectivity index (χ2v) is 5.00. The van der Waals surface area contributed by atoms with Crippen molar-refractivity contribution in [3.8, 4) is 11.5 Å². The third-order valence-electron chi connectivity index (χ3n) is 3.46. The number of carboxylic acids is 1. The standard InChI is InChI=1S/C15H17FN2O3/c1-3-15(2,14(19)20)17-8-12-9-21-13(18-12)10-5-4-6-11(16)7-10/h4-7,9,17H,3,8H2,1-2H3,(H,19,20). The highest BCUT2D eigenvalue weighted by Gasteiger charge is 2.30. The molecule has 1 aromatic heterocycles. The van der Waals surface area contributed by atoms with E-state index in [9.17, 15) is 14.3 Å². The van der Waals surface area contributed by atoms with E-state index in [4.69, 9.17) is 4.42 Å². The lowest BCUT2D eigenvalue weighted by atomic mass is 9.99. The number of aromatic nitrogens is 1. The monoisotopic (exact) mass is 292 g/mol. The Morgan fingerprint density at radius 2 is 2.29 bits per heavy atom. The van der Waals surface area contributed by atoms with Crippen molar-refractivity contribution in [2.24, 2.45) is 0 Å². The van der Waals surface area contributed by atoms with Crippen LogP contribution < -0.4 is 5.32 Å². The molecular weight excluding hydrogens is 275 g/mol. The molecule has 6 heteroatoms. The highest BCUT2D eigenvalue weighted by Crippen LogP contribution is 2.20. The Kier molecular flexibility index (Phi) is 4.37. The smallest absolute Gasteiger partial charge is 0.323 e. The van der Waals surface area contributed by atoms with Gasteiger partial charge in [0, 0.05) is 12.1 Å². The SMILES string of the molecule is CCC(C)(NCc1coc(-c2cccc(F)c2)n1)C(=O)O. The fourth-order valence-electron chi connectivity index (χ4n) is 1.78. The second kappa shape index (κ2) is 6.05. The Bertz CT molecular complexity index is 641. The highest BCUT2D eigenvalue weighted by molar-refractivity contribution is 5.78. The van der Waals surface area contributed by atoms with Crippen LogP contribution in [0.4, 0.5) is 4.39 Å². The minimum atomic E-state index is -1.02. The fourth-order valence-corrected chi connectivity index (χ4v) is 1.78. The van der Waals surface area contributed by atoms with E-state index in [-0.39, 0.29) is 12.4 Å². The number of carbonyl (C=O) groups is 1. The predicted octanol–water partition coefficient (Wildman–Crippen LogP) is 2.82. The number of hydrogen-bond acceptors (Lipinski definition) is 4. The van der Waals surface area contributed by atoms with Gasteiger partial charge in [-0.3, -0.25) is 10.1 Å². The molecule has 1 unspecified atom stereocenters. The maximum atomic E-state index is 13.2. The Hall–Kier alpha value is -2.21. The van der Waals surface area contributed by atoms with Crippen LogP contribution in [0.1, 0.15) is 26.0 Å². The van der Waals surface area contributed by atoms with E-state index < -0.39 is 11.5 Å². The molecule has 2 N–H and O–H groups in total. The molecule has 0 amide bonds. The van der Waals surface area contributed by atoms with E-state index in [1.165, 1.54) is 18.4 Å². The average molecular weight is 292 g/mol. The first kappa shape index (κ1) is 15.2. The van der Waals surface area contributed by atoms with Gasteiger partial charge >= 0.3 is 5.97 Å². The van der Waals surface area contributed by atoms with Crippen molar-refractivity contribution in [2.45, 2.75) is 32.4 Å². The van der Waals surface area contributed by atoms with Crippen molar-refractivity contribution in [1.82, 2.24) is 10.3 Å². The molecule has 0 fully saturated rings. The third kappa shape index (κ3) is 3.46. The van der Waals surface area contributed by atoms with Crippen LogP contribution in [-0.4, -0.2) is 21.6 Å². The molecule has 0 saturated heterocycles. The first-order valence-electron chi connectivity index (χ1n) is 6.63. The summed E-state index contributed by atoms with van der Waals surface area (Å²) in [6, 6.07) is 5.94. The fraction of sp³-hybridized carbons (Fsp3) is 0.333. The Labute approximate surface area is 121 Å². The average Bonchev–Trinajstić information content (AvgIpc) is 2.93. The van der Waals surface area contributed by atoms with Crippen LogP contribution in [0.5, 0.6) is 0 Å². The van der Waals surface area contributed by atoms with Crippen LogP contribution in [0, 0.1) is 5.82 Å². The van der Waals surface area contributed by atoms with Gasteiger partial charge in [0.15, 0.2) is 0 Å². The zero-order valence-electron chi connectivity index (χ0n) is 11.9. The van der Waals surface area contributed by atoms with Gasteiger partial charge in [-0.05, 0) is 31.5 Å². The molecule has 0 aliphatic heterocycles. The Morgan fingerprint density at radius 1 is 1.52 bits per heavy atom. The minimum Gasteiger partial charge on any atom is -0.480 e. The molecule has 0 radical (unpaired) electrons. The lowest BCUT2D eigenvalue weighted by Gasteiger charge is -2.23. The molecule has 1 aromatic carbocycles. The summed E-state index contributed by atoms with van der Waals surface area (Å²) in [4.78, 5) is 15.4. The molecule has 0 bridgehead atoms. The molecular formula is C15H17FN2O3. The zero-order chi connectivity index (χ0) is 15.5. The third-order valence-corrected chi connectivity index (χ3v) is 3.46. The zero-order valence-corrected chi connectivity index (χ0v) is 11.9. The summed E-state index contributed by atoms with van der Waals surface area (Å²) in [5.74, 6) is -0.978. The highest BCUT2D eigenvalue weighted by atomic mass is 19.1. The second-order valence-electron chi connectivity index (χ2n) is 5.00. The molecule has 0 saturated carbocycles. The van der Waals surface area contributed by atoms with Crippen molar-refractivity contribution < 1.29 is 18.7 Å².